The summed E-state index contributed by atoms with van der Waals surface area (Å²) in [6.07, 6.45) is 0.248. The first kappa shape index (κ1) is 19.6. The molecule has 4 rings (SSSR count). The average Bonchev–Trinajstić information content (AvgIpc) is 3.41. The molecule has 1 amide bonds. The van der Waals surface area contributed by atoms with Gasteiger partial charge in [-0.25, -0.2) is 0 Å². The number of benzene rings is 2. The lowest BCUT2D eigenvalue weighted by molar-refractivity contribution is -0.147. The van der Waals surface area contributed by atoms with Gasteiger partial charge in [0, 0.05) is 12.0 Å². The SMILES string of the molecule is Cc1ccc(-c2noc(CCC(=O)OCC(=O)Nc3cccc4nsnc34)n2)cc1. The van der Waals surface area contributed by atoms with E-state index in [1.807, 2.05) is 31.2 Å². The van der Waals surface area contributed by atoms with Gasteiger partial charge < -0.3 is 14.6 Å². The number of aromatic nitrogens is 4. The Morgan fingerprint density at radius 3 is 2.80 bits per heavy atom. The number of fused-ring (bicyclic) bond motifs is 1. The molecule has 0 unspecified atom stereocenters. The molecule has 0 saturated heterocycles. The Balaban J connectivity index is 1.25. The Hall–Kier alpha value is -3.66. The van der Waals surface area contributed by atoms with E-state index in [1.54, 1.807) is 18.2 Å². The van der Waals surface area contributed by atoms with Gasteiger partial charge in [-0.1, -0.05) is 41.1 Å². The van der Waals surface area contributed by atoms with E-state index in [1.165, 1.54) is 0 Å². The number of esters is 1. The molecule has 0 atom stereocenters. The van der Waals surface area contributed by atoms with Crippen LogP contribution in [0.2, 0.25) is 0 Å². The van der Waals surface area contributed by atoms with Gasteiger partial charge in [0.1, 0.15) is 11.0 Å². The number of anilines is 1. The van der Waals surface area contributed by atoms with Crippen LogP contribution in [0.25, 0.3) is 22.4 Å². The molecule has 1 N–H and O–H groups in total. The number of carbonyl (C=O) groups excluding carboxylic acids is 2. The van der Waals surface area contributed by atoms with Gasteiger partial charge in [-0.05, 0) is 19.1 Å². The molecule has 30 heavy (non-hydrogen) atoms. The molecule has 152 valence electrons. The highest BCUT2D eigenvalue weighted by Crippen LogP contribution is 2.21. The molecule has 0 aliphatic carbocycles. The van der Waals surface area contributed by atoms with Gasteiger partial charge >= 0.3 is 5.97 Å². The van der Waals surface area contributed by atoms with Crippen molar-refractivity contribution in [2.24, 2.45) is 0 Å². The smallest absolute Gasteiger partial charge is 0.306 e. The van der Waals surface area contributed by atoms with Crippen molar-refractivity contribution in [1.29, 1.82) is 0 Å². The van der Waals surface area contributed by atoms with Crippen molar-refractivity contribution in [3.8, 4) is 11.4 Å². The average molecular weight is 423 g/mol. The highest BCUT2D eigenvalue weighted by molar-refractivity contribution is 7.00. The van der Waals surface area contributed by atoms with Crippen LogP contribution in [0.3, 0.4) is 0 Å². The number of nitrogens with one attached hydrogen (secondary N) is 1. The van der Waals surface area contributed by atoms with E-state index < -0.39 is 18.5 Å². The van der Waals surface area contributed by atoms with Crippen molar-refractivity contribution < 1.29 is 18.8 Å². The fourth-order valence-corrected chi connectivity index (χ4v) is 3.25. The van der Waals surface area contributed by atoms with Crippen LogP contribution in [0.4, 0.5) is 5.69 Å². The van der Waals surface area contributed by atoms with E-state index in [2.05, 4.69) is 24.2 Å². The Morgan fingerprint density at radius 1 is 1.13 bits per heavy atom. The zero-order valence-corrected chi connectivity index (χ0v) is 16.8. The summed E-state index contributed by atoms with van der Waals surface area (Å²) in [6.45, 7) is 1.60. The number of amides is 1. The van der Waals surface area contributed by atoms with Gasteiger partial charge in [0.25, 0.3) is 5.91 Å². The molecule has 0 aliphatic rings. The molecule has 0 aliphatic heterocycles. The van der Waals surface area contributed by atoms with E-state index in [-0.39, 0.29) is 12.8 Å². The lowest BCUT2D eigenvalue weighted by Gasteiger charge is -2.06. The molecule has 2 aromatic heterocycles. The molecule has 2 aromatic carbocycles. The maximum absolute atomic E-state index is 12.1. The van der Waals surface area contributed by atoms with Gasteiger partial charge in [0.2, 0.25) is 11.7 Å². The fraction of sp³-hybridized carbons (Fsp3) is 0.200. The largest absolute Gasteiger partial charge is 0.456 e. The number of rotatable bonds is 7. The fourth-order valence-electron chi connectivity index (χ4n) is 2.70. The predicted octanol–water partition coefficient (Wildman–Crippen LogP) is 3.16. The number of aryl methyl sites for hydroxylation is 2. The van der Waals surface area contributed by atoms with Crippen LogP contribution >= 0.6 is 11.7 Å². The molecule has 0 radical (unpaired) electrons. The molecule has 0 spiro atoms. The second-order valence-electron chi connectivity index (χ2n) is 6.52. The topological polar surface area (TPSA) is 120 Å². The number of carbonyl (C=O) groups is 2. The minimum atomic E-state index is -0.534. The predicted molar refractivity (Wildman–Crippen MR) is 110 cm³/mol. The molecule has 9 nitrogen and oxygen atoms in total. The summed E-state index contributed by atoms with van der Waals surface area (Å²) in [4.78, 5) is 28.3. The minimum absolute atomic E-state index is 0.0222. The third kappa shape index (κ3) is 4.66. The molecule has 0 saturated carbocycles. The zero-order valence-electron chi connectivity index (χ0n) is 16.0. The maximum atomic E-state index is 12.1. The van der Waals surface area contributed by atoms with Gasteiger partial charge in [0.15, 0.2) is 6.61 Å². The van der Waals surface area contributed by atoms with Gasteiger partial charge in [0.05, 0.1) is 23.8 Å². The lowest BCUT2D eigenvalue weighted by atomic mass is 10.1. The Morgan fingerprint density at radius 2 is 1.97 bits per heavy atom. The molecular formula is C20H17N5O4S. The summed E-state index contributed by atoms with van der Waals surface area (Å²) in [5.41, 5.74) is 3.79. The van der Waals surface area contributed by atoms with E-state index in [9.17, 15) is 9.59 Å². The Kier molecular flexibility index (Phi) is 5.75. The quantitative estimate of drug-likeness (QED) is 0.450. The molecule has 4 aromatic rings. The van der Waals surface area contributed by atoms with E-state index in [0.29, 0.717) is 28.4 Å². The standard InChI is InChI=1S/C20H17N5O4S/c1-12-5-7-13(8-6-12)20-22-17(29-23-20)9-10-18(27)28-11-16(26)21-14-3-2-4-15-19(14)25-30-24-15/h2-8H,9-11H2,1H3,(H,21,26). The normalized spacial score (nSPS) is 10.8. The molecule has 10 heteroatoms. The molecule has 0 bridgehead atoms. The molecule has 2 heterocycles. The van der Waals surface area contributed by atoms with E-state index in [4.69, 9.17) is 9.26 Å². The van der Waals surface area contributed by atoms with Crippen LogP contribution in [0.5, 0.6) is 0 Å². The highest BCUT2D eigenvalue weighted by atomic mass is 32.1. The number of hydrogen-bond acceptors (Lipinski definition) is 9. The first-order valence-electron chi connectivity index (χ1n) is 9.15. The summed E-state index contributed by atoms with van der Waals surface area (Å²) in [7, 11) is 0. The number of hydrogen-bond donors (Lipinski definition) is 1. The number of ether oxygens (including phenoxy) is 1. The van der Waals surface area contributed by atoms with Crippen LogP contribution in [0, 0.1) is 6.92 Å². The van der Waals surface area contributed by atoms with Crippen molar-refractivity contribution in [2.75, 3.05) is 11.9 Å². The Bertz CT molecular complexity index is 1190. The zero-order chi connectivity index (χ0) is 20.9. The summed E-state index contributed by atoms with van der Waals surface area (Å²) < 4.78 is 18.5. The molecular weight excluding hydrogens is 406 g/mol. The van der Waals surface area contributed by atoms with Crippen molar-refractivity contribution in [3.63, 3.8) is 0 Å². The summed E-state index contributed by atoms with van der Waals surface area (Å²) in [5, 5.41) is 6.60. The maximum Gasteiger partial charge on any atom is 0.306 e. The van der Waals surface area contributed by atoms with Crippen molar-refractivity contribution in [3.05, 3.63) is 53.9 Å². The van der Waals surface area contributed by atoms with E-state index in [0.717, 1.165) is 22.9 Å². The van der Waals surface area contributed by atoms with Gasteiger partial charge in [-0.15, -0.1) is 0 Å². The van der Waals surface area contributed by atoms with E-state index >= 15 is 0 Å². The highest BCUT2D eigenvalue weighted by Gasteiger charge is 2.14. The third-order valence-electron chi connectivity index (χ3n) is 4.25. The summed E-state index contributed by atoms with van der Waals surface area (Å²) in [6, 6.07) is 13.0. The van der Waals surface area contributed by atoms with Crippen molar-refractivity contribution in [2.45, 2.75) is 19.8 Å². The minimum Gasteiger partial charge on any atom is -0.456 e. The lowest BCUT2D eigenvalue weighted by Crippen LogP contribution is -2.21. The summed E-state index contributed by atoms with van der Waals surface area (Å²) in [5.74, 6) is -0.199. The monoisotopic (exact) mass is 423 g/mol. The van der Waals surface area contributed by atoms with Crippen LogP contribution in [0.1, 0.15) is 17.9 Å². The van der Waals surface area contributed by atoms with Gasteiger partial charge in [-0.3, -0.25) is 9.59 Å². The van der Waals surface area contributed by atoms with Crippen LogP contribution < -0.4 is 5.32 Å². The molecule has 0 fully saturated rings. The van der Waals surface area contributed by atoms with Crippen molar-refractivity contribution in [1.82, 2.24) is 18.9 Å². The number of nitrogens with zero attached hydrogens (tertiary/aromatic N) is 4. The van der Waals surface area contributed by atoms with Crippen LogP contribution in [-0.2, 0) is 20.7 Å². The Labute approximate surface area is 175 Å². The van der Waals surface area contributed by atoms with Gasteiger partial charge in [-0.2, -0.15) is 13.7 Å². The second kappa shape index (κ2) is 8.78. The first-order chi connectivity index (χ1) is 14.6. The first-order valence-corrected chi connectivity index (χ1v) is 9.88. The van der Waals surface area contributed by atoms with Crippen LogP contribution in [0.15, 0.2) is 47.0 Å². The van der Waals surface area contributed by atoms with Crippen molar-refractivity contribution >= 4 is 40.3 Å². The third-order valence-corrected chi connectivity index (χ3v) is 4.79. The second-order valence-corrected chi connectivity index (χ2v) is 7.05. The summed E-state index contributed by atoms with van der Waals surface area (Å²) >= 11 is 1.06. The van der Waals surface area contributed by atoms with Crippen LogP contribution in [-0.4, -0.2) is 37.4 Å².